The predicted molar refractivity (Wildman–Crippen MR) is 57.3 cm³/mol. The molecule has 0 aromatic carbocycles. The summed E-state index contributed by atoms with van der Waals surface area (Å²) < 4.78 is 5.23. The lowest BCUT2D eigenvalue weighted by Crippen LogP contribution is -2.44. The summed E-state index contributed by atoms with van der Waals surface area (Å²) >= 11 is 0. The van der Waals surface area contributed by atoms with Crippen LogP contribution in [0.4, 0.5) is 0 Å². The van der Waals surface area contributed by atoms with Crippen LogP contribution in [0.15, 0.2) is 0 Å². The van der Waals surface area contributed by atoms with Gasteiger partial charge in [-0.15, -0.1) is 0 Å². The highest BCUT2D eigenvalue weighted by Crippen LogP contribution is 2.24. The summed E-state index contributed by atoms with van der Waals surface area (Å²) in [5, 5.41) is 3.02. The number of amides is 1. The monoisotopic (exact) mass is 212 g/mol. The molecule has 1 aliphatic carbocycles. The maximum atomic E-state index is 11.7. The van der Waals surface area contributed by atoms with Crippen LogP contribution in [0.3, 0.4) is 0 Å². The number of hydrogen-bond acceptors (Lipinski definition) is 3. The average molecular weight is 212 g/mol. The van der Waals surface area contributed by atoms with Gasteiger partial charge in [-0.1, -0.05) is 0 Å². The smallest absolute Gasteiger partial charge is 0.223 e. The second-order valence-electron chi connectivity index (χ2n) is 4.73. The highest BCUT2D eigenvalue weighted by atomic mass is 16.5. The van der Waals surface area contributed by atoms with Gasteiger partial charge in [0.05, 0.1) is 0 Å². The Balaban J connectivity index is 1.63. The standard InChI is InChI=1S/C11H20N2O2/c12-10-5-8(6-10)7-13-11(14)9-1-3-15-4-2-9/h8-10H,1-7,12H2,(H,13,14). The molecule has 0 unspecified atom stereocenters. The Labute approximate surface area is 90.5 Å². The third-order valence-corrected chi connectivity index (χ3v) is 3.43. The van der Waals surface area contributed by atoms with E-state index in [1.165, 1.54) is 0 Å². The van der Waals surface area contributed by atoms with Gasteiger partial charge in [-0.25, -0.2) is 0 Å². The lowest BCUT2D eigenvalue weighted by atomic mass is 9.81. The molecule has 0 aromatic rings. The van der Waals surface area contributed by atoms with Crippen molar-refractivity contribution in [1.29, 1.82) is 0 Å². The van der Waals surface area contributed by atoms with Crippen molar-refractivity contribution in [2.45, 2.75) is 31.7 Å². The number of ether oxygens (including phenoxy) is 1. The molecule has 1 saturated carbocycles. The van der Waals surface area contributed by atoms with E-state index in [0.717, 1.165) is 45.4 Å². The second-order valence-corrected chi connectivity index (χ2v) is 4.73. The molecule has 1 aliphatic heterocycles. The molecule has 2 aliphatic rings. The molecule has 0 radical (unpaired) electrons. The normalized spacial score (nSPS) is 32.1. The molecule has 1 heterocycles. The van der Waals surface area contributed by atoms with Crippen molar-refractivity contribution in [3.63, 3.8) is 0 Å². The van der Waals surface area contributed by atoms with Gasteiger partial charge >= 0.3 is 0 Å². The molecule has 0 bridgehead atoms. The van der Waals surface area contributed by atoms with Crippen LogP contribution < -0.4 is 11.1 Å². The van der Waals surface area contributed by atoms with Crippen molar-refractivity contribution in [1.82, 2.24) is 5.32 Å². The Bertz CT molecular complexity index is 221. The largest absolute Gasteiger partial charge is 0.381 e. The van der Waals surface area contributed by atoms with E-state index in [-0.39, 0.29) is 11.8 Å². The maximum absolute atomic E-state index is 11.7. The molecule has 2 rings (SSSR count). The van der Waals surface area contributed by atoms with Gasteiger partial charge in [-0.05, 0) is 31.6 Å². The van der Waals surface area contributed by atoms with Gasteiger partial charge in [-0.2, -0.15) is 0 Å². The fraction of sp³-hybridized carbons (Fsp3) is 0.909. The van der Waals surface area contributed by atoms with E-state index in [1.807, 2.05) is 0 Å². The first kappa shape index (κ1) is 10.9. The maximum Gasteiger partial charge on any atom is 0.223 e. The van der Waals surface area contributed by atoms with Crippen LogP contribution in [-0.2, 0) is 9.53 Å². The molecular weight excluding hydrogens is 192 g/mol. The van der Waals surface area contributed by atoms with Crippen LogP contribution in [0.25, 0.3) is 0 Å². The summed E-state index contributed by atoms with van der Waals surface area (Å²) in [4.78, 5) is 11.7. The SMILES string of the molecule is NC1CC(CNC(=O)C2CCOCC2)C1. The van der Waals surface area contributed by atoms with Gasteiger partial charge in [0, 0.05) is 31.7 Å². The minimum atomic E-state index is 0.174. The molecule has 15 heavy (non-hydrogen) atoms. The molecule has 1 saturated heterocycles. The first-order chi connectivity index (χ1) is 7.25. The van der Waals surface area contributed by atoms with E-state index in [9.17, 15) is 4.79 Å². The Hall–Kier alpha value is -0.610. The minimum Gasteiger partial charge on any atom is -0.381 e. The van der Waals surface area contributed by atoms with Crippen molar-refractivity contribution in [3.8, 4) is 0 Å². The van der Waals surface area contributed by atoms with Crippen molar-refractivity contribution >= 4 is 5.91 Å². The van der Waals surface area contributed by atoms with Gasteiger partial charge in [0.1, 0.15) is 0 Å². The zero-order chi connectivity index (χ0) is 10.7. The van der Waals surface area contributed by atoms with Crippen LogP contribution in [0.1, 0.15) is 25.7 Å². The number of hydrogen-bond donors (Lipinski definition) is 2. The molecular formula is C11H20N2O2. The Morgan fingerprint density at radius 3 is 2.60 bits per heavy atom. The molecule has 0 atom stereocenters. The van der Waals surface area contributed by atoms with Gasteiger partial charge in [0.25, 0.3) is 0 Å². The van der Waals surface area contributed by atoms with Crippen molar-refractivity contribution < 1.29 is 9.53 Å². The summed E-state index contributed by atoms with van der Waals surface area (Å²) in [7, 11) is 0. The van der Waals surface area contributed by atoms with Crippen LogP contribution in [0, 0.1) is 11.8 Å². The number of nitrogens with two attached hydrogens (primary N) is 1. The molecule has 1 amide bonds. The van der Waals surface area contributed by atoms with E-state index < -0.39 is 0 Å². The fourth-order valence-corrected chi connectivity index (χ4v) is 2.30. The minimum absolute atomic E-state index is 0.174. The quantitative estimate of drug-likeness (QED) is 0.705. The fourth-order valence-electron chi connectivity index (χ4n) is 2.30. The van der Waals surface area contributed by atoms with E-state index in [1.54, 1.807) is 0 Å². The van der Waals surface area contributed by atoms with Crippen LogP contribution in [0.2, 0.25) is 0 Å². The van der Waals surface area contributed by atoms with Crippen LogP contribution in [-0.4, -0.2) is 31.7 Å². The molecule has 4 heteroatoms. The second kappa shape index (κ2) is 4.94. The van der Waals surface area contributed by atoms with Crippen LogP contribution in [0.5, 0.6) is 0 Å². The predicted octanol–water partition coefficient (Wildman–Crippen LogP) is 0.266. The molecule has 2 fully saturated rings. The number of carbonyl (C=O) groups is 1. The summed E-state index contributed by atoms with van der Waals surface area (Å²) in [6.45, 7) is 2.27. The average Bonchev–Trinajstić information content (AvgIpc) is 2.23. The number of carbonyl (C=O) groups excluding carboxylic acids is 1. The molecule has 3 N–H and O–H groups in total. The summed E-state index contributed by atoms with van der Waals surface area (Å²) in [5.41, 5.74) is 5.69. The van der Waals surface area contributed by atoms with Gasteiger partial charge in [0.2, 0.25) is 5.91 Å². The highest BCUT2D eigenvalue weighted by molar-refractivity contribution is 5.78. The van der Waals surface area contributed by atoms with E-state index in [2.05, 4.69) is 5.32 Å². The first-order valence-electron chi connectivity index (χ1n) is 5.86. The lowest BCUT2D eigenvalue weighted by molar-refractivity contribution is -0.128. The Kier molecular flexibility index (Phi) is 3.59. The lowest BCUT2D eigenvalue weighted by Gasteiger charge is -2.33. The highest BCUT2D eigenvalue weighted by Gasteiger charge is 2.27. The van der Waals surface area contributed by atoms with E-state index in [4.69, 9.17) is 10.5 Å². The van der Waals surface area contributed by atoms with Crippen molar-refractivity contribution in [2.75, 3.05) is 19.8 Å². The third kappa shape index (κ3) is 2.92. The van der Waals surface area contributed by atoms with Gasteiger partial charge in [-0.3, -0.25) is 4.79 Å². The molecule has 0 spiro atoms. The summed E-state index contributed by atoms with van der Waals surface area (Å²) in [6.07, 6.45) is 3.87. The van der Waals surface area contributed by atoms with Crippen LogP contribution >= 0.6 is 0 Å². The first-order valence-corrected chi connectivity index (χ1v) is 5.86. The van der Waals surface area contributed by atoms with Gasteiger partial charge < -0.3 is 15.8 Å². The van der Waals surface area contributed by atoms with E-state index in [0.29, 0.717) is 12.0 Å². The zero-order valence-corrected chi connectivity index (χ0v) is 9.08. The summed E-state index contributed by atoms with van der Waals surface area (Å²) in [5.74, 6) is 0.995. The Morgan fingerprint density at radius 1 is 1.33 bits per heavy atom. The third-order valence-electron chi connectivity index (χ3n) is 3.43. The zero-order valence-electron chi connectivity index (χ0n) is 9.08. The van der Waals surface area contributed by atoms with Crippen molar-refractivity contribution in [2.24, 2.45) is 17.6 Å². The molecule has 4 nitrogen and oxygen atoms in total. The van der Waals surface area contributed by atoms with E-state index >= 15 is 0 Å². The number of nitrogens with one attached hydrogen (secondary N) is 1. The molecule has 0 aromatic heterocycles. The number of rotatable bonds is 3. The summed E-state index contributed by atoms with van der Waals surface area (Å²) in [6, 6.07) is 0.370. The molecule has 86 valence electrons. The topological polar surface area (TPSA) is 64.3 Å². The van der Waals surface area contributed by atoms with Gasteiger partial charge in [0.15, 0.2) is 0 Å². The Morgan fingerprint density at radius 2 is 2.00 bits per heavy atom. The van der Waals surface area contributed by atoms with Crippen molar-refractivity contribution in [3.05, 3.63) is 0 Å².